The Labute approximate surface area is 127 Å². The molecule has 21 heavy (non-hydrogen) atoms. The van der Waals surface area contributed by atoms with E-state index in [0.29, 0.717) is 5.75 Å². The van der Waals surface area contributed by atoms with Crippen molar-refractivity contribution in [3.05, 3.63) is 29.3 Å². The summed E-state index contributed by atoms with van der Waals surface area (Å²) in [5.74, 6) is 0.344. The molecule has 0 spiro atoms. The third kappa shape index (κ3) is 7.66. The van der Waals surface area contributed by atoms with Gasteiger partial charge in [0.05, 0.1) is 0 Å². The maximum atomic E-state index is 11.1. The van der Waals surface area contributed by atoms with Gasteiger partial charge in [0.25, 0.3) is 0 Å². The molecule has 0 aliphatic carbocycles. The van der Waals surface area contributed by atoms with E-state index in [9.17, 15) is 4.57 Å². The molecule has 0 heterocycles. The molecular formula is C16H27O4P. The van der Waals surface area contributed by atoms with Crippen LogP contribution in [0.5, 0.6) is 5.75 Å². The molecule has 4 nitrogen and oxygen atoms in total. The van der Waals surface area contributed by atoms with E-state index in [1.54, 1.807) is 13.0 Å². The van der Waals surface area contributed by atoms with Gasteiger partial charge in [-0.1, -0.05) is 63.6 Å². The standard InChI is InChI=1S/C16H27O4P/c1-3-4-5-6-7-8-9-12-15-13-10-11-14(2)16(15)20-21(17,18)19/h10-11,13H,3-9,12H2,1-2H3,(H2,17,18,19). The Morgan fingerprint density at radius 1 is 1.05 bits per heavy atom. The van der Waals surface area contributed by atoms with E-state index in [2.05, 4.69) is 6.92 Å². The monoisotopic (exact) mass is 314 g/mol. The van der Waals surface area contributed by atoms with Crippen molar-refractivity contribution in [2.24, 2.45) is 0 Å². The molecule has 0 aromatic heterocycles. The van der Waals surface area contributed by atoms with E-state index in [4.69, 9.17) is 14.3 Å². The first kappa shape index (κ1) is 18.2. The van der Waals surface area contributed by atoms with Crippen LogP contribution in [0, 0.1) is 6.92 Å². The van der Waals surface area contributed by atoms with Crippen molar-refractivity contribution in [2.45, 2.75) is 65.2 Å². The fourth-order valence-electron chi connectivity index (χ4n) is 2.43. The summed E-state index contributed by atoms with van der Waals surface area (Å²) in [6, 6.07) is 5.59. The lowest BCUT2D eigenvalue weighted by Crippen LogP contribution is -1.98. The van der Waals surface area contributed by atoms with Gasteiger partial charge in [-0.15, -0.1) is 0 Å². The van der Waals surface area contributed by atoms with Gasteiger partial charge in [0, 0.05) is 0 Å². The zero-order valence-corrected chi connectivity index (χ0v) is 13.9. The average molecular weight is 314 g/mol. The lowest BCUT2D eigenvalue weighted by molar-refractivity contribution is 0.281. The van der Waals surface area contributed by atoms with Crippen LogP contribution in [-0.4, -0.2) is 9.79 Å². The molecule has 0 aliphatic rings. The minimum atomic E-state index is -4.50. The van der Waals surface area contributed by atoms with Gasteiger partial charge < -0.3 is 4.52 Å². The van der Waals surface area contributed by atoms with E-state index in [-0.39, 0.29) is 0 Å². The normalized spacial score (nSPS) is 11.6. The number of rotatable bonds is 10. The van der Waals surface area contributed by atoms with Crippen LogP contribution in [0.25, 0.3) is 0 Å². The highest BCUT2D eigenvalue weighted by Crippen LogP contribution is 2.41. The quantitative estimate of drug-likeness (QED) is 0.482. The van der Waals surface area contributed by atoms with Crippen LogP contribution in [0.1, 0.15) is 63.0 Å². The summed E-state index contributed by atoms with van der Waals surface area (Å²) in [5.41, 5.74) is 1.64. The number of aryl methyl sites for hydroxylation is 2. The molecule has 5 heteroatoms. The van der Waals surface area contributed by atoms with E-state index >= 15 is 0 Å². The van der Waals surface area contributed by atoms with Crippen LogP contribution in [0.4, 0.5) is 0 Å². The second kappa shape index (κ2) is 9.24. The summed E-state index contributed by atoms with van der Waals surface area (Å²) < 4.78 is 15.9. The van der Waals surface area contributed by atoms with Crippen molar-refractivity contribution < 1.29 is 18.9 Å². The van der Waals surface area contributed by atoms with Crippen LogP contribution in [0.2, 0.25) is 0 Å². The predicted octanol–water partition coefficient (Wildman–Crippen LogP) is 4.76. The SMILES string of the molecule is CCCCCCCCCc1cccc(C)c1OP(=O)(O)O. The number of phosphoric ester groups is 1. The van der Waals surface area contributed by atoms with E-state index in [1.165, 1.54) is 32.1 Å². The molecule has 0 saturated carbocycles. The first-order valence-corrected chi connectivity index (χ1v) is 9.30. The molecule has 2 N–H and O–H groups in total. The van der Waals surface area contributed by atoms with Crippen LogP contribution < -0.4 is 4.52 Å². The van der Waals surface area contributed by atoms with E-state index in [0.717, 1.165) is 30.4 Å². The van der Waals surface area contributed by atoms with Crippen molar-refractivity contribution in [1.29, 1.82) is 0 Å². The number of phosphoric acid groups is 1. The van der Waals surface area contributed by atoms with E-state index in [1.807, 2.05) is 12.1 Å². The molecule has 0 saturated heterocycles. The molecule has 0 aliphatic heterocycles. The summed E-state index contributed by atoms with van der Waals surface area (Å²) in [6.45, 7) is 4.01. The van der Waals surface area contributed by atoms with Crippen LogP contribution in [-0.2, 0) is 11.0 Å². The van der Waals surface area contributed by atoms with Gasteiger partial charge in [-0.2, -0.15) is 0 Å². The molecule has 120 valence electrons. The lowest BCUT2D eigenvalue weighted by atomic mass is 10.0. The second-order valence-electron chi connectivity index (χ2n) is 5.52. The van der Waals surface area contributed by atoms with Crippen molar-refractivity contribution >= 4 is 7.82 Å². The molecule has 1 aromatic carbocycles. The summed E-state index contributed by atoms with van der Waals surface area (Å²) in [7, 11) is -4.50. The Morgan fingerprint density at radius 2 is 1.67 bits per heavy atom. The third-order valence-electron chi connectivity index (χ3n) is 3.55. The maximum absolute atomic E-state index is 11.1. The van der Waals surface area contributed by atoms with Crippen molar-refractivity contribution in [3.63, 3.8) is 0 Å². The number of hydrogen-bond donors (Lipinski definition) is 2. The summed E-state index contributed by atoms with van der Waals surface area (Å²) in [4.78, 5) is 18.0. The summed E-state index contributed by atoms with van der Waals surface area (Å²) in [6.07, 6.45) is 9.32. The third-order valence-corrected chi connectivity index (χ3v) is 3.97. The van der Waals surface area contributed by atoms with Gasteiger partial charge in [0.1, 0.15) is 5.75 Å². The van der Waals surface area contributed by atoms with Crippen molar-refractivity contribution in [2.75, 3.05) is 0 Å². The number of hydrogen-bond acceptors (Lipinski definition) is 2. The zero-order chi connectivity index (χ0) is 15.7. The first-order valence-electron chi connectivity index (χ1n) is 7.77. The van der Waals surface area contributed by atoms with Crippen molar-refractivity contribution in [3.8, 4) is 5.75 Å². The van der Waals surface area contributed by atoms with E-state index < -0.39 is 7.82 Å². The lowest BCUT2D eigenvalue weighted by Gasteiger charge is -2.14. The fraction of sp³-hybridized carbons (Fsp3) is 0.625. The highest BCUT2D eigenvalue weighted by Gasteiger charge is 2.19. The Morgan fingerprint density at radius 3 is 2.29 bits per heavy atom. The average Bonchev–Trinajstić information content (AvgIpc) is 2.40. The highest BCUT2D eigenvalue weighted by atomic mass is 31.2. The Balaban J connectivity index is 2.47. The zero-order valence-electron chi connectivity index (χ0n) is 13.0. The highest BCUT2D eigenvalue weighted by molar-refractivity contribution is 7.46. The minimum absolute atomic E-state index is 0.344. The second-order valence-corrected chi connectivity index (χ2v) is 6.68. The minimum Gasteiger partial charge on any atom is -0.404 e. The Kier molecular flexibility index (Phi) is 8.02. The summed E-state index contributed by atoms with van der Waals surface area (Å²) in [5, 5.41) is 0. The van der Waals surface area contributed by atoms with Crippen molar-refractivity contribution in [1.82, 2.24) is 0 Å². The maximum Gasteiger partial charge on any atom is 0.524 e. The topological polar surface area (TPSA) is 66.8 Å². The molecule has 0 bridgehead atoms. The van der Waals surface area contributed by atoms with Gasteiger partial charge in [0.2, 0.25) is 0 Å². The summed E-state index contributed by atoms with van der Waals surface area (Å²) >= 11 is 0. The van der Waals surface area contributed by atoms with Gasteiger partial charge in [0.15, 0.2) is 0 Å². The molecule has 0 unspecified atom stereocenters. The van der Waals surface area contributed by atoms with Crippen LogP contribution in [0.3, 0.4) is 0 Å². The van der Waals surface area contributed by atoms with Gasteiger partial charge in [-0.25, -0.2) is 4.57 Å². The smallest absolute Gasteiger partial charge is 0.404 e. The molecule has 0 radical (unpaired) electrons. The number of benzene rings is 1. The largest absolute Gasteiger partial charge is 0.524 e. The Bertz CT molecular complexity index is 467. The Hall–Kier alpha value is -0.830. The van der Waals surface area contributed by atoms with Crippen LogP contribution in [0.15, 0.2) is 18.2 Å². The first-order chi connectivity index (χ1) is 9.94. The number of para-hydroxylation sites is 1. The molecule has 0 fully saturated rings. The number of unbranched alkanes of at least 4 members (excludes halogenated alkanes) is 6. The predicted molar refractivity (Wildman–Crippen MR) is 85.5 cm³/mol. The fourth-order valence-corrected chi connectivity index (χ4v) is 2.93. The molecule has 1 rings (SSSR count). The molecule has 1 aromatic rings. The van der Waals surface area contributed by atoms with Gasteiger partial charge in [-0.3, -0.25) is 9.79 Å². The molecule has 0 amide bonds. The van der Waals surface area contributed by atoms with Gasteiger partial charge >= 0.3 is 7.82 Å². The van der Waals surface area contributed by atoms with Crippen LogP contribution >= 0.6 is 7.82 Å². The molecular weight excluding hydrogens is 287 g/mol. The molecule has 0 atom stereocenters. The van der Waals surface area contributed by atoms with Gasteiger partial charge in [-0.05, 0) is 30.9 Å².